The van der Waals surface area contributed by atoms with Gasteiger partial charge in [0.15, 0.2) is 12.6 Å². The normalized spacial score (nSPS) is 23.6. The molecule has 2 fully saturated rings. The maximum atomic E-state index is 13.3. The Kier molecular flexibility index (Phi) is 53.4. The van der Waals surface area contributed by atoms with Gasteiger partial charge in [-0.3, -0.25) is 4.79 Å². The Morgan fingerprint density at radius 1 is 0.407 bits per heavy atom. The first-order valence-electron chi connectivity index (χ1n) is 36.2. The van der Waals surface area contributed by atoms with Crippen LogP contribution in [0.3, 0.4) is 0 Å². The van der Waals surface area contributed by atoms with Gasteiger partial charge in [-0.1, -0.05) is 294 Å². The molecule has 0 aliphatic carbocycles. The summed E-state index contributed by atoms with van der Waals surface area (Å²) in [7, 11) is 0. The molecule has 14 heteroatoms. The highest BCUT2D eigenvalue weighted by atomic mass is 16.7. The molecule has 14 nitrogen and oxygen atoms in total. The van der Waals surface area contributed by atoms with Crippen molar-refractivity contribution in [2.75, 3.05) is 19.8 Å². The molecule has 0 bridgehead atoms. The zero-order chi connectivity index (χ0) is 62.3. The Morgan fingerprint density at radius 2 is 0.744 bits per heavy atom. The lowest BCUT2D eigenvalue weighted by molar-refractivity contribution is -0.359. The molecule has 2 aliphatic rings. The van der Waals surface area contributed by atoms with E-state index in [2.05, 4.69) is 43.5 Å². The molecule has 86 heavy (non-hydrogen) atoms. The number of ether oxygens (including phenoxy) is 4. The SMILES string of the molecule is CCCCCCCCCC/C=C\CCCCCCCCCCCCCCCC(=O)NC(COC1OC(CO)C(OC2OC(CO)C(O)C(O)C2O)C(O)C1O)C(O)/C=C/CC/C=C/CCCCCCCCCCCCCCCCCCCCCCC. The van der Waals surface area contributed by atoms with Crippen molar-refractivity contribution < 1.29 is 64.6 Å². The number of unbranched alkanes of at least 4 members (excludes halogenated alkanes) is 43. The molecule has 1 amide bonds. The topological polar surface area (TPSA) is 228 Å². The Morgan fingerprint density at radius 3 is 1.14 bits per heavy atom. The van der Waals surface area contributed by atoms with Crippen LogP contribution in [0, 0.1) is 0 Å². The number of nitrogens with one attached hydrogen (secondary N) is 1. The van der Waals surface area contributed by atoms with E-state index < -0.39 is 86.8 Å². The van der Waals surface area contributed by atoms with Gasteiger partial charge in [-0.05, 0) is 57.8 Å². The van der Waals surface area contributed by atoms with Crippen molar-refractivity contribution in [2.24, 2.45) is 0 Å². The van der Waals surface area contributed by atoms with Crippen molar-refractivity contribution in [2.45, 2.75) is 396 Å². The third kappa shape index (κ3) is 40.8. The minimum Gasteiger partial charge on any atom is -0.394 e. The Bertz CT molecular complexity index is 1580. The van der Waals surface area contributed by atoms with E-state index in [4.69, 9.17) is 18.9 Å². The second-order valence-electron chi connectivity index (χ2n) is 25.7. The summed E-state index contributed by atoms with van der Waals surface area (Å²) in [6, 6.07) is -0.932. The Hall–Kier alpha value is -1.79. The average molecular weight is 1220 g/mol. The molecule has 0 radical (unpaired) electrons. The van der Waals surface area contributed by atoms with Gasteiger partial charge >= 0.3 is 0 Å². The van der Waals surface area contributed by atoms with Crippen molar-refractivity contribution >= 4 is 5.91 Å². The molecule has 0 saturated carbocycles. The van der Waals surface area contributed by atoms with E-state index >= 15 is 0 Å². The van der Waals surface area contributed by atoms with E-state index in [0.717, 1.165) is 32.1 Å². The predicted molar refractivity (Wildman–Crippen MR) is 351 cm³/mol. The van der Waals surface area contributed by atoms with E-state index in [0.29, 0.717) is 12.8 Å². The third-order valence-corrected chi connectivity index (χ3v) is 17.8. The quantitative estimate of drug-likeness (QED) is 0.0204. The van der Waals surface area contributed by atoms with Gasteiger partial charge in [-0.15, -0.1) is 0 Å². The minimum atomic E-state index is -1.79. The molecule has 12 atom stereocenters. The summed E-state index contributed by atoms with van der Waals surface area (Å²) < 4.78 is 22.9. The van der Waals surface area contributed by atoms with Gasteiger partial charge in [0.25, 0.3) is 0 Å². The molecule has 2 aliphatic heterocycles. The van der Waals surface area contributed by atoms with Gasteiger partial charge in [0.2, 0.25) is 5.91 Å². The number of carbonyl (C=O) groups is 1. The fraction of sp³-hybridized carbons (Fsp3) is 0.903. The number of aliphatic hydroxyl groups is 8. The molecular weight excluding hydrogens is 1090 g/mol. The molecule has 12 unspecified atom stereocenters. The van der Waals surface area contributed by atoms with Crippen molar-refractivity contribution in [3.8, 4) is 0 Å². The van der Waals surface area contributed by atoms with E-state index in [1.807, 2.05) is 6.08 Å². The fourth-order valence-electron chi connectivity index (χ4n) is 12.0. The maximum absolute atomic E-state index is 13.3. The Balaban J connectivity index is 1.69. The molecule has 0 aromatic heterocycles. The van der Waals surface area contributed by atoms with Crippen LogP contribution < -0.4 is 5.32 Å². The first kappa shape index (κ1) is 80.3. The van der Waals surface area contributed by atoms with E-state index in [9.17, 15) is 45.6 Å². The van der Waals surface area contributed by atoms with Gasteiger partial charge in [0.1, 0.15) is 48.8 Å². The average Bonchev–Trinajstić information content (AvgIpc) is 2.54. The van der Waals surface area contributed by atoms with E-state index in [1.165, 1.54) is 257 Å². The van der Waals surface area contributed by atoms with Crippen molar-refractivity contribution in [3.05, 3.63) is 36.5 Å². The number of aliphatic hydroxyl groups excluding tert-OH is 8. The standard InChI is InChI=1S/C72H135NO13/c1-3-5-7-9-11-13-15-17-19-21-23-25-27-29-30-32-33-35-37-39-41-43-45-47-49-51-53-55-61(76)60(59-83-71-69(82)67(80)70(63(58-75)85-71)86-72-68(81)66(79)65(78)62(57-74)84-72)73-64(77)56-54-52-50-48-46-44-42-40-38-36-34-31-28-26-24-22-20-18-16-14-12-10-8-6-4-2/h22,24,45,47,53,55,60-63,65-72,74-76,78-82H,3-21,23,25-44,46,48-52,54,56-59H2,1-2H3,(H,73,77)/b24-22-,47-45+,55-53+. The van der Waals surface area contributed by atoms with Gasteiger partial charge in [0.05, 0.1) is 32.0 Å². The largest absolute Gasteiger partial charge is 0.394 e. The molecule has 506 valence electrons. The lowest BCUT2D eigenvalue weighted by Gasteiger charge is -2.46. The van der Waals surface area contributed by atoms with Crippen LogP contribution in [0.2, 0.25) is 0 Å². The number of amides is 1. The monoisotopic (exact) mass is 1220 g/mol. The Labute approximate surface area is 525 Å². The summed E-state index contributed by atoms with van der Waals surface area (Å²) in [6.07, 6.45) is 56.4. The summed E-state index contributed by atoms with van der Waals surface area (Å²) >= 11 is 0. The van der Waals surface area contributed by atoms with Gasteiger partial charge in [-0.2, -0.15) is 0 Å². The molecule has 2 rings (SSSR count). The van der Waals surface area contributed by atoms with Crippen LogP contribution in [-0.4, -0.2) is 140 Å². The summed E-state index contributed by atoms with van der Waals surface area (Å²) in [5, 5.41) is 87.5. The molecule has 2 heterocycles. The van der Waals surface area contributed by atoms with E-state index in [-0.39, 0.29) is 18.9 Å². The van der Waals surface area contributed by atoms with Crippen molar-refractivity contribution in [1.29, 1.82) is 0 Å². The van der Waals surface area contributed by atoms with Crippen LogP contribution >= 0.6 is 0 Å². The third-order valence-electron chi connectivity index (χ3n) is 17.8. The minimum absolute atomic E-state index is 0.244. The molecule has 0 aromatic carbocycles. The lowest BCUT2D eigenvalue weighted by Crippen LogP contribution is -2.65. The van der Waals surface area contributed by atoms with Crippen molar-refractivity contribution in [3.63, 3.8) is 0 Å². The summed E-state index contributed by atoms with van der Waals surface area (Å²) in [5.74, 6) is -0.244. The number of hydrogen-bond donors (Lipinski definition) is 9. The van der Waals surface area contributed by atoms with Crippen LogP contribution in [0.5, 0.6) is 0 Å². The second kappa shape index (κ2) is 57.1. The summed E-state index contributed by atoms with van der Waals surface area (Å²) in [5.41, 5.74) is 0. The number of hydrogen-bond acceptors (Lipinski definition) is 13. The summed E-state index contributed by atoms with van der Waals surface area (Å²) in [6.45, 7) is 2.83. The first-order chi connectivity index (χ1) is 42.1. The van der Waals surface area contributed by atoms with Crippen LogP contribution in [0.25, 0.3) is 0 Å². The molecular formula is C72H135NO13. The van der Waals surface area contributed by atoms with Crippen LogP contribution in [0.1, 0.15) is 322 Å². The van der Waals surface area contributed by atoms with Crippen LogP contribution in [0.4, 0.5) is 0 Å². The highest BCUT2D eigenvalue weighted by Crippen LogP contribution is 2.30. The van der Waals surface area contributed by atoms with Gasteiger partial charge in [0, 0.05) is 6.42 Å². The highest BCUT2D eigenvalue weighted by molar-refractivity contribution is 5.76. The van der Waals surface area contributed by atoms with E-state index in [1.54, 1.807) is 6.08 Å². The van der Waals surface area contributed by atoms with Crippen LogP contribution in [-0.2, 0) is 23.7 Å². The predicted octanol–water partition coefficient (Wildman–Crippen LogP) is 14.9. The zero-order valence-corrected chi connectivity index (χ0v) is 55.1. The fourth-order valence-corrected chi connectivity index (χ4v) is 12.0. The summed E-state index contributed by atoms with van der Waals surface area (Å²) in [4.78, 5) is 13.3. The lowest BCUT2D eigenvalue weighted by atomic mass is 9.97. The number of rotatable bonds is 60. The number of carbonyl (C=O) groups excluding carboxylic acids is 1. The molecule has 0 aromatic rings. The number of allylic oxidation sites excluding steroid dienone is 5. The molecule has 0 spiro atoms. The first-order valence-corrected chi connectivity index (χ1v) is 36.2. The van der Waals surface area contributed by atoms with Gasteiger partial charge in [-0.25, -0.2) is 0 Å². The second-order valence-corrected chi connectivity index (χ2v) is 25.7. The van der Waals surface area contributed by atoms with Crippen molar-refractivity contribution in [1.82, 2.24) is 5.32 Å². The van der Waals surface area contributed by atoms with Gasteiger partial charge < -0.3 is 65.1 Å². The maximum Gasteiger partial charge on any atom is 0.220 e. The van der Waals surface area contributed by atoms with Crippen LogP contribution in [0.15, 0.2) is 36.5 Å². The smallest absolute Gasteiger partial charge is 0.220 e. The zero-order valence-electron chi connectivity index (χ0n) is 55.1. The highest BCUT2D eigenvalue weighted by Gasteiger charge is 2.51. The molecule has 9 N–H and O–H groups in total. The molecule has 2 saturated heterocycles.